The highest BCUT2D eigenvalue weighted by atomic mass is 16.4. The van der Waals surface area contributed by atoms with E-state index >= 15 is 0 Å². The number of urea groups is 1. The molecule has 6 heteroatoms. The summed E-state index contributed by atoms with van der Waals surface area (Å²) >= 11 is 0. The van der Waals surface area contributed by atoms with Crippen molar-refractivity contribution in [3.63, 3.8) is 0 Å². The second-order valence-corrected chi connectivity index (χ2v) is 4.38. The third kappa shape index (κ3) is 5.53. The summed E-state index contributed by atoms with van der Waals surface area (Å²) in [5, 5.41) is 20.6. The van der Waals surface area contributed by atoms with E-state index in [0.29, 0.717) is 6.42 Å². The number of carbonyl (C=O) groups is 2. The molecule has 0 fully saturated rings. The third-order valence-corrected chi connectivity index (χ3v) is 2.64. The van der Waals surface area contributed by atoms with Gasteiger partial charge in [0.1, 0.15) is 6.04 Å². The van der Waals surface area contributed by atoms with Crippen LogP contribution in [0.4, 0.5) is 4.79 Å². The van der Waals surface area contributed by atoms with Crippen LogP contribution in [0.3, 0.4) is 0 Å². The average molecular weight is 246 g/mol. The van der Waals surface area contributed by atoms with Gasteiger partial charge in [-0.05, 0) is 12.8 Å². The highest BCUT2D eigenvalue weighted by molar-refractivity contribution is 5.82. The number of nitrogens with zero attached hydrogens (tertiary/aromatic N) is 1. The van der Waals surface area contributed by atoms with E-state index in [9.17, 15) is 9.59 Å². The summed E-state index contributed by atoms with van der Waals surface area (Å²) in [4.78, 5) is 23.9. The number of nitrogens with one attached hydrogen (secondary N) is 1. The highest BCUT2D eigenvalue weighted by Gasteiger charge is 2.26. The average Bonchev–Trinajstić information content (AvgIpc) is 2.22. The molecule has 0 aliphatic heterocycles. The van der Waals surface area contributed by atoms with Crippen molar-refractivity contribution < 1.29 is 19.8 Å². The molecule has 0 aliphatic carbocycles. The number of aliphatic carboxylic acids is 1. The smallest absolute Gasteiger partial charge is 0.326 e. The predicted octanol–water partition coefficient (Wildman–Crippen LogP) is 0.508. The van der Waals surface area contributed by atoms with Crippen LogP contribution < -0.4 is 5.32 Å². The molecule has 2 amide bonds. The first-order valence-corrected chi connectivity index (χ1v) is 5.72. The van der Waals surface area contributed by atoms with Gasteiger partial charge in [-0.1, -0.05) is 20.3 Å². The number of hydrogen-bond acceptors (Lipinski definition) is 3. The van der Waals surface area contributed by atoms with Crippen LogP contribution in [-0.4, -0.2) is 52.9 Å². The van der Waals surface area contributed by atoms with Crippen molar-refractivity contribution in [2.45, 2.75) is 39.3 Å². The maximum atomic E-state index is 11.7. The summed E-state index contributed by atoms with van der Waals surface area (Å²) in [6.45, 7) is 5.37. The number of aliphatic hydroxyl groups is 1. The lowest BCUT2D eigenvalue weighted by Crippen LogP contribution is -2.50. The second kappa shape index (κ2) is 7.11. The molecule has 0 bridgehead atoms. The van der Waals surface area contributed by atoms with Crippen LogP contribution in [0.5, 0.6) is 0 Å². The number of carboxylic acid groups (broad SMARTS) is 1. The molecule has 0 aromatic rings. The van der Waals surface area contributed by atoms with Crippen LogP contribution in [0.1, 0.15) is 27.2 Å². The Morgan fingerprint density at radius 3 is 2.24 bits per heavy atom. The number of carboxylic acids is 1. The minimum atomic E-state index is -1.04. The number of rotatable bonds is 6. The van der Waals surface area contributed by atoms with Crippen LogP contribution >= 0.6 is 0 Å². The molecule has 0 aromatic heterocycles. The molecule has 17 heavy (non-hydrogen) atoms. The molecule has 0 aliphatic rings. The summed E-state index contributed by atoms with van der Waals surface area (Å²) < 4.78 is 0. The molecule has 0 aromatic carbocycles. The van der Waals surface area contributed by atoms with Gasteiger partial charge in [-0.25, -0.2) is 9.59 Å². The molecule has 0 spiro atoms. The van der Waals surface area contributed by atoms with E-state index < -0.39 is 24.1 Å². The van der Waals surface area contributed by atoms with Gasteiger partial charge in [-0.2, -0.15) is 0 Å². The zero-order chi connectivity index (χ0) is 13.6. The minimum Gasteiger partial charge on any atom is -0.480 e. The fourth-order valence-corrected chi connectivity index (χ4v) is 1.41. The van der Waals surface area contributed by atoms with E-state index in [0.717, 1.165) is 0 Å². The van der Waals surface area contributed by atoms with Gasteiger partial charge >= 0.3 is 12.0 Å². The van der Waals surface area contributed by atoms with Crippen LogP contribution in [0.15, 0.2) is 0 Å². The number of likely N-dealkylation sites (N-methyl/N-ethyl adjacent to an activating group) is 1. The molecule has 0 saturated heterocycles. The molecule has 3 atom stereocenters. The van der Waals surface area contributed by atoms with E-state index in [1.54, 1.807) is 13.8 Å². The lowest BCUT2D eigenvalue weighted by Gasteiger charge is -2.25. The van der Waals surface area contributed by atoms with Crippen molar-refractivity contribution in [2.24, 2.45) is 5.92 Å². The molecule has 100 valence electrons. The Morgan fingerprint density at radius 1 is 1.35 bits per heavy atom. The summed E-state index contributed by atoms with van der Waals surface area (Å²) in [5.74, 6) is -1.19. The first-order chi connectivity index (χ1) is 7.79. The number of amides is 2. The molecule has 0 rings (SSSR count). The van der Waals surface area contributed by atoms with E-state index in [1.807, 2.05) is 6.92 Å². The normalized spacial score (nSPS) is 15.8. The number of carbonyl (C=O) groups excluding carboxylic acids is 1. The standard InChI is InChI=1S/C11H22N2O4/c1-5-7(2)9(10(15)16)12-11(17)13(4)6-8(3)14/h7-9,14H,5-6H2,1-4H3,(H,12,17)(H,15,16). The first-order valence-electron chi connectivity index (χ1n) is 5.72. The van der Waals surface area contributed by atoms with Crippen molar-refractivity contribution in [3.8, 4) is 0 Å². The number of aliphatic hydroxyl groups excluding tert-OH is 1. The van der Waals surface area contributed by atoms with Crippen LogP contribution in [0, 0.1) is 5.92 Å². The Labute approximate surface area is 102 Å². The second-order valence-electron chi connectivity index (χ2n) is 4.38. The maximum Gasteiger partial charge on any atom is 0.326 e. The van der Waals surface area contributed by atoms with Crippen LogP contribution in [-0.2, 0) is 4.79 Å². The third-order valence-electron chi connectivity index (χ3n) is 2.64. The molecule has 3 unspecified atom stereocenters. The minimum absolute atomic E-state index is 0.142. The fourth-order valence-electron chi connectivity index (χ4n) is 1.41. The Kier molecular flexibility index (Phi) is 6.57. The predicted molar refractivity (Wildman–Crippen MR) is 63.7 cm³/mol. The van der Waals surface area contributed by atoms with Gasteiger partial charge in [0.15, 0.2) is 0 Å². The fraction of sp³-hybridized carbons (Fsp3) is 0.818. The van der Waals surface area contributed by atoms with Gasteiger partial charge in [0.05, 0.1) is 6.10 Å². The number of hydrogen-bond donors (Lipinski definition) is 3. The molecule has 0 saturated carbocycles. The van der Waals surface area contributed by atoms with Crippen molar-refractivity contribution in [3.05, 3.63) is 0 Å². The van der Waals surface area contributed by atoms with Crippen molar-refractivity contribution in [1.29, 1.82) is 0 Å². The first kappa shape index (κ1) is 15.7. The van der Waals surface area contributed by atoms with Gasteiger partial charge in [-0.3, -0.25) is 0 Å². The van der Waals surface area contributed by atoms with Crippen LogP contribution in [0.25, 0.3) is 0 Å². The Balaban J connectivity index is 4.45. The molecule has 0 radical (unpaired) electrons. The van der Waals surface area contributed by atoms with E-state index in [2.05, 4.69) is 5.32 Å². The molecule has 3 N–H and O–H groups in total. The van der Waals surface area contributed by atoms with E-state index in [4.69, 9.17) is 10.2 Å². The van der Waals surface area contributed by atoms with E-state index in [1.165, 1.54) is 11.9 Å². The largest absolute Gasteiger partial charge is 0.480 e. The van der Waals surface area contributed by atoms with Gasteiger partial charge in [0.25, 0.3) is 0 Å². The SMILES string of the molecule is CCC(C)C(NC(=O)N(C)CC(C)O)C(=O)O. The lowest BCUT2D eigenvalue weighted by atomic mass is 9.99. The van der Waals surface area contributed by atoms with E-state index in [-0.39, 0.29) is 12.5 Å². The Morgan fingerprint density at radius 2 is 1.88 bits per heavy atom. The topological polar surface area (TPSA) is 89.9 Å². The highest BCUT2D eigenvalue weighted by Crippen LogP contribution is 2.08. The zero-order valence-electron chi connectivity index (χ0n) is 10.8. The van der Waals surface area contributed by atoms with Gasteiger partial charge in [-0.15, -0.1) is 0 Å². The molecular formula is C11H22N2O4. The Bertz CT molecular complexity index is 268. The summed E-state index contributed by atoms with van der Waals surface area (Å²) in [7, 11) is 1.51. The summed E-state index contributed by atoms with van der Waals surface area (Å²) in [5.41, 5.74) is 0. The quantitative estimate of drug-likeness (QED) is 0.637. The summed E-state index contributed by atoms with van der Waals surface area (Å²) in [6, 6.07) is -1.39. The van der Waals surface area contributed by atoms with Gasteiger partial charge in [0, 0.05) is 13.6 Å². The van der Waals surface area contributed by atoms with Gasteiger partial charge in [0.2, 0.25) is 0 Å². The molecular weight excluding hydrogens is 224 g/mol. The van der Waals surface area contributed by atoms with Crippen molar-refractivity contribution >= 4 is 12.0 Å². The summed E-state index contributed by atoms with van der Waals surface area (Å²) in [6.07, 6.45) is 0.0230. The van der Waals surface area contributed by atoms with Crippen molar-refractivity contribution in [2.75, 3.05) is 13.6 Å². The maximum absolute atomic E-state index is 11.7. The zero-order valence-corrected chi connectivity index (χ0v) is 10.8. The lowest BCUT2D eigenvalue weighted by molar-refractivity contribution is -0.140. The van der Waals surface area contributed by atoms with Gasteiger partial charge < -0.3 is 20.4 Å². The molecule has 0 heterocycles. The Hall–Kier alpha value is -1.30. The van der Waals surface area contributed by atoms with Crippen molar-refractivity contribution in [1.82, 2.24) is 10.2 Å². The molecule has 6 nitrogen and oxygen atoms in total. The van der Waals surface area contributed by atoms with Crippen LogP contribution in [0.2, 0.25) is 0 Å². The monoisotopic (exact) mass is 246 g/mol.